The molecule has 0 aliphatic heterocycles. The van der Waals surface area contributed by atoms with E-state index in [0.29, 0.717) is 19.3 Å². The van der Waals surface area contributed by atoms with Crippen LogP contribution in [0.5, 0.6) is 0 Å². The van der Waals surface area contributed by atoms with Gasteiger partial charge in [-0.3, -0.25) is 14.4 Å². The molecule has 69 heavy (non-hydrogen) atoms. The monoisotopic (exact) mass is 975 g/mol. The number of hydrogen-bond donors (Lipinski definition) is 0. The van der Waals surface area contributed by atoms with E-state index >= 15 is 0 Å². The van der Waals surface area contributed by atoms with Crippen LogP contribution in [0, 0.1) is 11.8 Å². The topological polar surface area (TPSA) is 78.9 Å². The number of carbonyl (C=O) groups excluding carboxylic acids is 3. The van der Waals surface area contributed by atoms with E-state index < -0.39 is 6.10 Å². The molecule has 1 unspecified atom stereocenters. The highest BCUT2D eigenvalue weighted by molar-refractivity contribution is 5.71. The van der Waals surface area contributed by atoms with E-state index in [1.54, 1.807) is 0 Å². The van der Waals surface area contributed by atoms with Gasteiger partial charge in [0, 0.05) is 19.3 Å². The number of carbonyl (C=O) groups is 3. The average Bonchev–Trinajstić information content (AvgIpc) is 3.34. The Morgan fingerprint density at radius 3 is 0.826 bits per heavy atom. The van der Waals surface area contributed by atoms with Crippen LogP contribution in [0.25, 0.3) is 0 Å². The summed E-state index contributed by atoms with van der Waals surface area (Å²) in [5.41, 5.74) is 0. The number of hydrogen-bond acceptors (Lipinski definition) is 6. The normalized spacial score (nSPS) is 12.4. The Labute approximate surface area is 431 Å². The molecule has 6 heteroatoms. The van der Waals surface area contributed by atoms with Crippen molar-refractivity contribution in [1.29, 1.82) is 0 Å². The molecule has 0 rings (SSSR count). The molecule has 0 bridgehead atoms. The summed E-state index contributed by atoms with van der Waals surface area (Å²) in [6, 6.07) is 0. The number of ether oxygens (including phenoxy) is 3. The van der Waals surface area contributed by atoms with Crippen molar-refractivity contribution >= 4 is 17.9 Å². The van der Waals surface area contributed by atoms with Gasteiger partial charge in [-0.2, -0.15) is 0 Å². The van der Waals surface area contributed by atoms with Crippen molar-refractivity contribution in [3.05, 3.63) is 0 Å². The lowest BCUT2D eigenvalue weighted by atomic mass is 9.99. The summed E-state index contributed by atoms with van der Waals surface area (Å²) < 4.78 is 16.9. The molecule has 0 aromatic heterocycles. The van der Waals surface area contributed by atoms with Gasteiger partial charge >= 0.3 is 17.9 Å². The largest absolute Gasteiger partial charge is 0.462 e. The van der Waals surface area contributed by atoms with Crippen molar-refractivity contribution in [2.24, 2.45) is 11.8 Å². The zero-order valence-corrected chi connectivity index (χ0v) is 47.5. The molecule has 0 saturated heterocycles. The maximum atomic E-state index is 12.9. The van der Waals surface area contributed by atoms with Crippen LogP contribution < -0.4 is 0 Å². The van der Waals surface area contributed by atoms with Gasteiger partial charge in [0.05, 0.1) is 0 Å². The fraction of sp³-hybridized carbons (Fsp3) is 0.952. The van der Waals surface area contributed by atoms with Crippen molar-refractivity contribution in [2.75, 3.05) is 13.2 Å². The molecule has 0 saturated carbocycles. The molecule has 410 valence electrons. The second-order valence-corrected chi connectivity index (χ2v) is 22.4. The van der Waals surface area contributed by atoms with Crippen LogP contribution in [0.1, 0.15) is 356 Å². The maximum Gasteiger partial charge on any atom is 0.306 e. The van der Waals surface area contributed by atoms with Crippen molar-refractivity contribution < 1.29 is 28.6 Å². The molecule has 0 aliphatic carbocycles. The molecule has 0 heterocycles. The van der Waals surface area contributed by atoms with Crippen LogP contribution in [0.15, 0.2) is 0 Å². The number of rotatable bonds is 57. The Morgan fingerprint density at radius 1 is 0.304 bits per heavy atom. The van der Waals surface area contributed by atoms with Gasteiger partial charge < -0.3 is 14.2 Å². The molecule has 0 aliphatic rings. The lowest BCUT2D eigenvalue weighted by molar-refractivity contribution is -0.167. The average molecular weight is 976 g/mol. The van der Waals surface area contributed by atoms with Gasteiger partial charge in [0.15, 0.2) is 6.10 Å². The molecule has 0 spiro atoms. The summed E-state index contributed by atoms with van der Waals surface area (Å²) in [4.78, 5) is 38.3. The molecular formula is C63H122O6. The molecule has 0 N–H and O–H groups in total. The second-order valence-electron chi connectivity index (χ2n) is 22.4. The van der Waals surface area contributed by atoms with Crippen molar-refractivity contribution in [2.45, 2.75) is 362 Å². The van der Waals surface area contributed by atoms with Crippen LogP contribution in [0.2, 0.25) is 0 Å². The fourth-order valence-electron chi connectivity index (χ4n) is 9.73. The van der Waals surface area contributed by atoms with E-state index in [0.717, 1.165) is 69.6 Å². The van der Waals surface area contributed by atoms with Crippen molar-refractivity contribution in [3.63, 3.8) is 0 Å². The number of esters is 3. The summed E-state index contributed by atoms with van der Waals surface area (Å²) in [6.07, 6.45) is 60.9. The van der Waals surface area contributed by atoms with Gasteiger partial charge in [0.25, 0.3) is 0 Å². The molecule has 0 radical (unpaired) electrons. The summed E-state index contributed by atoms with van der Waals surface area (Å²) in [7, 11) is 0. The quantitative estimate of drug-likeness (QED) is 0.0343. The van der Waals surface area contributed by atoms with Crippen LogP contribution in [0.4, 0.5) is 0 Å². The van der Waals surface area contributed by atoms with Gasteiger partial charge in [-0.05, 0) is 31.1 Å². The highest BCUT2D eigenvalue weighted by atomic mass is 16.6. The summed E-state index contributed by atoms with van der Waals surface area (Å²) >= 11 is 0. The SMILES string of the molecule is CCCCCCCCCCCCCCCCCCC(=O)OC[C@@H](COC(=O)CCCCCCCCCCCCC(C)CC)OC(=O)CCCCCCCCCCCCCCCCCCCCC(C)C. The minimum Gasteiger partial charge on any atom is -0.462 e. The summed E-state index contributed by atoms with van der Waals surface area (Å²) in [6.45, 7) is 11.5. The fourth-order valence-corrected chi connectivity index (χ4v) is 9.73. The highest BCUT2D eigenvalue weighted by Gasteiger charge is 2.19. The van der Waals surface area contributed by atoms with Gasteiger partial charge in [-0.1, -0.05) is 317 Å². The zero-order valence-electron chi connectivity index (χ0n) is 47.5. The molecule has 6 nitrogen and oxygen atoms in total. The van der Waals surface area contributed by atoms with E-state index in [-0.39, 0.29) is 31.1 Å². The first kappa shape index (κ1) is 67.4. The van der Waals surface area contributed by atoms with E-state index in [4.69, 9.17) is 14.2 Å². The molecule has 0 aromatic rings. The predicted octanol–water partition coefficient (Wildman–Crippen LogP) is 20.8. The third-order valence-electron chi connectivity index (χ3n) is 14.8. The Kier molecular flexibility index (Phi) is 54.4. The highest BCUT2D eigenvalue weighted by Crippen LogP contribution is 2.19. The lowest BCUT2D eigenvalue weighted by Crippen LogP contribution is -2.30. The molecule has 2 atom stereocenters. The smallest absolute Gasteiger partial charge is 0.306 e. The number of unbranched alkanes of at least 4 members (excludes halogenated alkanes) is 41. The molecule has 0 amide bonds. The second kappa shape index (κ2) is 55.7. The zero-order chi connectivity index (χ0) is 50.4. The van der Waals surface area contributed by atoms with Crippen molar-refractivity contribution in [1.82, 2.24) is 0 Å². The van der Waals surface area contributed by atoms with Crippen LogP contribution in [-0.2, 0) is 28.6 Å². The Bertz CT molecular complexity index is 1060. The molecular weight excluding hydrogens is 853 g/mol. The van der Waals surface area contributed by atoms with Crippen LogP contribution in [-0.4, -0.2) is 37.2 Å². The maximum absolute atomic E-state index is 12.9. The minimum absolute atomic E-state index is 0.0622. The van der Waals surface area contributed by atoms with E-state index in [1.165, 1.54) is 244 Å². The first-order valence-corrected chi connectivity index (χ1v) is 31.3. The van der Waals surface area contributed by atoms with E-state index in [2.05, 4.69) is 34.6 Å². The summed E-state index contributed by atoms with van der Waals surface area (Å²) in [5.74, 6) is 0.894. The minimum atomic E-state index is -0.763. The first-order chi connectivity index (χ1) is 33.8. The third-order valence-corrected chi connectivity index (χ3v) is 14.8. The lowest BCUT2D eigenvalue weighted by Gasteiger charge is -2.18. The Hall–Kier alpha value is -1.59. The van der Waals surface area contributed by atoms with Crippen molar-refractivity contribution in [3.8, 4) is 0 Å². The molecule has 0 aromatic carbocycles. The van der Waals surface area contributed by atoms with Gasteiger partial charge in [0.1, 0.15) is 13.2 Å². The van der Waals surface area contributed by atoms with Gasteiger partial charge in [-0.15, -0.1) is 0 Å². The van der Waals surface area contributed by atoms with Crippen LogP contribution >= 0.6 is 0 Å². The first-order valence-electron chi connectivity index (χ1n) is 31.3. The van der Waals surface area contributed by atoms with Crippen LogP contribution in [0.3, 0.4) is 0 Å². The van der Waals surface area contributed by atoms with E-state index in [1.807, 2.05) is 0 Å². The van der Waals surface area contributed by atoms with Gasteiger partial charge in [-0.25, -0.2) is 0 Å². The third kappa shape index (κ3) is 55.6. The molecule has 0 fully saturated rings. The Morgan fingerprint density at radius 2 is 0.551 bits per heavy atom. The summed E-state index contributed by atoms with van der Waals surface area (Å²) in [5, 5.41) is 0. The van der Waals surface area contributed by atoms with E-state index in [9.17, 15) is 14.4 Å². The predicted molar refractivity (Wildman–Crippen MR) is 298 cm³/mol. The standard InChI is InChI=1S/C63H122O6/c1-6-8-9-10-11-12-13-14-15-21-24-27-33-38-43-48-53-61(64)67-56-60(57-68-62(65)54-49-44-39-34-30-29-32-37-42-47-52-59(5)7-2)69-63(66)55-50-45-40-35-28-25-22-19-17-16-18-20-23-26-31-36-41-46-51-58(3)4/h58-60H,6-57H2,1-5H3/t59?,60-/m0/s1. The van der Waals surface area contributed by atoms with Gasteiger partial charge in [0.2, 0.25) is 0 Å². The Balaban J connectivity index is 4.27.